The van der Waals surface area contributed by atoms with Gasteiger partial charge in [0.05, 0.1) is 25.9 Å². The monoisotopic (exact) mass is 434 g/mol. The Balaban J connectivity index is 1.94. The fourth-order valence-corrected chi connectivity index (χ4v) is 2.89. The number of nitrogens with one attached hydrogen (secondary N) is 2. The minimum atomic E-state index is -0.787. The number of ether oxygens (including phenoxy) is 3. The van der Waals surface area contributed by atoms with E-state index >= 15 is 0 Å². The Hall–Kier alpha value is -2.84. The lowest BCUT2D eigenvalue weighted by atomic mass is 10.1. The molecule has 0 bridgehead atoms. The van der Waals surface area contributed by atoms with Crippen LogP contribution in [0.1, 0.15) is 36.7 Å². The molecule has 1 amide bonds. The second-order valence-electron chi connectivity index (χ2n) is 6.72. The van der Waals surface area contributed by atoms with Crippen molar-refractivity contribution in [1.29, 1.82) is 0 Å². The third kappa shape index (κ3) is 7.73. The lowest BCUT2D eigenvalue weighted by molar-refractivity contribution is 0.0914. The van der Waals surface area contributed by atoms with Crippen LogP contribution in [0.3, 0.4) is 0 Å². The number of aliphatic hydroxyl groups is 1. The van der Waals surface area contributed by atoms with Crippen LogP contribution in [0.2, 0.25) is 0 Å². The standard InChI is InChI=1S/C23H31FN2O5/c1-4-29-20-11-17(12-21(30-5-2)22(20)31-6-3)23(28)26-15-19(27)14-25-13-16-7-9-18(24)10-8-16/h7-12,19,25,27H,4-6,13-15H2,1-3H3,(H,26,28). The van der Waals surface area contributed by atoms with Crippen molar-refractivity contribution in [3.05, 3.63) is 53.3 Å². The highest BCUT2D eigenvalue weighted by atomic mass is 19.1. The van der Waals surface area contributed by atoms with E-state index in [1.807, 2.05) is 20.8 Å². The van der Waals surface area contributed by atoms with Crippen LogP contribution in [0, 0.1) is 5.82 Å². The Labute approximate surface area is 182 Å². The van der Waals surface area contributed by atoms with Gasteiger partial charge in [0.1, 0.15) is 5.82 Å². The number of carbonyl (C=O) groups excluding carboxylic acids is 1. The molecule has 8 heteroatoms. The Kier molecular flexibility index (Phi) is 10.1. The number of hydrogen-bond donors (Lipinski definition) is 3. The van der Waals surface area contributed by atoms with Crippen molar-refractivity contribution in [3.63, 3.8) is 0 Å². The van der Waals surface area contributed by atoms with Gasteiger partial charge in [-0.05, 0) is 50.6 Å². The fourth-order valence-electron chi connectivity index (χ4n) is 2.89. The smallest absolute Gasteiger partial charge is 0.251 e. The minimum Gasteiger partial charge on any atom is -0.490 e. The molecule has 2 aromatic rings. The maximum absolute atomic E-state index is 12.9. The van der Waals surface area contributed by atoms with Gasteiger partial charge < -0.3 is 30.0 Å². The summed E-state index contributed by atoms with van der Waals surface area (Å²) in [6.07, 6.45) is -0.787. The molecular weight excluding hydrogens is 403 g/mol. The summed E-state index contributed by atoms with van der Waals surface area (Å²) in [6.45, 7) is 7.63. The van der Waals surface area contributed by atoms with Crippen LogP contribution in [0.4, 0.5) is 4.39 Å². The van der Waals surface area contributed by atoms with Gasteiger partial charge in [-0.3, -0.25) is 4.79 Å². The Morgan fingerprint density at radius 3 is 2.10 bits per heavy atom. The van der Waals surface area contributed by atoms with E-state index < -0.39 is 6.10 Å². The summed E-state index contributed by atoms with van der Waals surface area (Å²) >= 11 is 0. The molecular formula is C23H31FN2O5. The van der Waals surface area contributed by atoms with E-state index in [0.29, 0.717) is 49.2 Å². The molecule has 0 aliphatic rings. The largest absolute Gasteiger partial charge is 0.490 e. The summed E-state index contributed by atoms with van der Waals surface area (Å²) in [5, 5.41) is 15.9. The summed E-state index contributed by atoms with van der Waals surface area (Å²) in [5.41, 5.74) is 1.25. The van der Waals surface area contributed by atoms with Crippen molar-refractivity contribution in [3.8, 4) is 17.2 Å². The van der Waals surface area contributed by atoms with Crippen LogP contribution in [0.15, 0.2) is 36.4 Å². The van der Waals surface area contributed by atoms with E-state index in [-0.39, 0.29) is 24.8 Å². The van der Waals surface area contributed by atoms with Crippen molar-refractivity contribution in [1.82, 2.24) is 10.6 Å². The first-order valence-corrected chi connectivity index (χ1v) is 10.5. The van der Waals surface area contributed by atoms with Crippen molar-refractivity contribution < 1.29 is 28.5 Å². The highest BCUT2D eigenvalue weighted by molar-refractivity contribution is 5.95. The van der Waals surface area contributed by atoms with Gasteiger partial charge in [0.2, 0.25) is 5.75 Å². The topological polar surface area (TPSA) is 89.1 Å². The van der Waals surface area contributed by atoms with Crippen molar-refractivity contribution >= 4 is 5.91 Å². The summed E-state index contributed by atoms with van der Waals surface area (Å²) in [6, 6.07) is 9.33. The first-order chi connectivity index (χ1) is 15.0. The highest BCUT2D eigenvalue weighted by Crippen LogP contribution is 2.39. The van der Waals surface area contributed by atoms with Crippen LogP contribution >= 0.6 is 0 Å². The molecule has 0 aliphatic heterocycles. The predicted octanol–water partition coefficient (Wildman–Crippen LogP) is 2.90. The van der Waals surface area contributed by atoms with Crippen LogP contribution in [0.25, 0.3) is 0 Å². The molecule has 2 rings (SSSR count). The minimum absolute atomic E-state index is 0.0659. The molecule has 0 fully saturated rings. The van der Waals surface area contributed by atoms with Crippen LogP contribution < -0.4 is 24.8 Å². The van der Waals surface area contributed by atoms with Crippen LogP contribution in [-0.4, -0.2) is 50.0 Å². The molecule has 0 heterocycles. The number of amides is 1. The Morgan fingerprint density at radius 1 is 0.968 bits per heavy atom. The van der Waals surface area contributed by atoms with Crippen molar-refractivity contribution in [2.24, 2.45) is 0 Å². The van der Waals surface area contributed by atoms with E-state index in [1.54, 1.807) is 24.3 Å². The van der Waals surface area contributed by atoms with Gasteiger partial charge in [-0.1, -0.05) is 12.1 Å². The molecule has 170 valence electrons. The fraction of sp³-hybridized carbons (Fsp3) is 0.435. The zero-order chi connectivity index (χ0) is 22.6. The van der Waals surface area contributed by atoms with E-state index in [9.17, 15) is 14.3 Å². The molecule has 7 nitrogen and oxygen atoms in total. The predicted molar refractivity (Wildman–Crippen MR) is 116 cm³/mol. The molecule has 0 saturated heterocycles. The molecule has 0 spiro atoms. The average Bonchev–Trinajstić information content (AvgIpc) is 2.75. The van der Waals surface area contributed by atoms with Gasteiger partial charge in [0, 0.05) is 25.2 Å². The number of carbonyl (C=O) groups is 1. The molecule has 3 N–H and O–H groups in total. The maximum Gasteiger partial charge on any atom is 0.251 e. The molecule has 0 aromatic heterocycles. The van der Waals surface area contributed by atoms with Gasteiger partial charge >= 0.3 is 0 Å². The molecule has 2 aromatic carbocycles. The lowest BCUT2D eigenvalue weighted by Gasteiger charge is -2.17. The van der Waals surface area contributed by atoms with Crippen LogP contribution in [0.5, 0.6) is 17.2 Å². The van der Waals surface area contributed by atoms with Gasteiger partial charge in [-0.2, -0.15) is 0 Å². The van der Waals surface area contributed by atoms with Crippen molar-refractivity contribution in [2.45, 2.75) is 33.4 Å². The number of benzene rings is 2. The third-order valence-electron chi connectivity index (χ3n) is 4.29. The highest BCUT2D eigenvalue weighted by Gasteiger charge is 2.18. The molecule has 1 atom stereocenters. The molecule has 0 aliphatic carbocycles. The quantitative estimate of drug-likeness (QED) is 0.449. The first kappa shape index (κ1) is 24.4. The summed E-state index contributed by atoms with van der Waals surface area (Å²) < 4.78 is 29.8. The number of hydrogen-bond acceptors (Lipinski definition) is 6. The lowest BCUT2D eigenvalue weighted by Crippen LogP contribution is -2.38. The van der Waals surface area contributed by atoms with Gasteiger partial charge in [-0.15, -0.1) is 0 Å². The van der Waals surface area contributed by atoms with E-state index in [2.05, 4.69) is 10.6 Å². The molecule has 0 radical (unpaired) electrons. The van der Waals surface area contributed by atoms with E-state index in [1.165, 1.54) is 12.1 Å². The van der Waals surface area contributed by atoms with E-state index in [4.69, 9.17) is 14.2 Å². The number of aliphatic hydroxyl groups excluding tert-OH is 1. The number of halogens is 1. The first-order valence-electron chi connectivity index (χ1n) is 10.5. The summed E-state index contributed by atoms with van der Waals surface area (Å²) in [4.78, 5) is 12.6. The maximum atomic E-state index is 12.9. The SMILES string of the molecule is CCOc1cc(C(=O)NCC(O)CNCc2ccc(F)cc2)cc(OCC)c1OCC. The van der Waals surface area contributed by atoms with E-state index in [0.717, 1.165) is 5.56 Å². The van der Waals surface area contributed by atoms with Gasteiger partial charge in [-0.25, -0.2) is 4.39 Å². The molecule has 1 unspecified atom stereocenters. The summed E-state index contributed by atoms with van der Waals surface area (Å²) in [5.74, 6) is 0.681. The van der Waals surface area contributed by atoms with Gasteiger partial charge in [0.15, 0.2) is 11.5 Å². The normalized spacial score (nSPS) is 11.6. The second-order valence-corrected chi connectivity index (χ2v) is 6.72. The zero-order valence-corrected chi connectivity index (χ0v) is 18.2. The summed E-state index contributed by atoms with van der Waals surface area (Å²) in [7, 11) is 0. The number of rotatable bonds is 13. The zero-order valence-electron chi connectivity index (χ0n) is 18.2. The van der Waals surface area contributed by atoms with Crippen LogP contribution in [-0.2, 0) is 6.54 Å². The van der Waals surface area contributed by atoms with Crippen molar-refractivity contribution in [2.75, 3.05) is 32.9 Å². The average molecular weight is 435 g/mol. The Bertz CT molecular complexity index is 802. The second kappa shape index (κ2) is 12.8. The molecule has 0 saturated carbocycles. The van der Waals surface area contributed by atoms with Gasteiger partial charge in [0.25, 0.3) is 5.91 Å². The molecule has 31 heavy (non-hydrogen) atoms. The third-order valence-corrected chi connectivity index (χ3v) is 4.29. The Morgan fingerprint density at radius 2 is 1.55 bits per heavy atom.